The topological polar surface area (TPSA) is 58.0 Å². The molecule has 2 heterocycles. The van der Waals surface area contributed by atoms with Crippen molar-refractivity contribution < 1.29 is 9.94 Å². The van der Waals surface area contributed by atoms with Gasteiger partial charge in [-0.1, -0.05) is 69.3 Å². The van der Waals surface area contributed by atoms with Crippen LogP contribution in [0.2, 0.25) is 0 Å². The molecule has 0 bridgehead atoms. The van der Waals surface area contributed by atoms with Crippen molar-refractivity contribution in [1.29, 1.82) is 0 Å². The number of β-amino-alcohol motifs (C(OH)–C–C–N with tert-alkyl or cyclic N) is 1. The second kappa shape index (κ2) is 14.2. The van der Waals surface area contributed by atoms with Crippen LogP contribution in [0, 0.1) is 12.3 Å². The number of nitrogens with zero attached hydrogens (tertiary/aromatic N) is 3. The lowest BCUT2D eigenvalue weighted by Gasteiger charge is -2.33. The van der Waals surface area contributed by atoms with Crippen molar-refractivity contribution in [3.63, 3.8) is 0 Å². The van der Waals surface area contributed by atoms with Crippen LogP contribution < -0.4 is 0 Å². The first-order valence-electron chi connectivity index (χ1n) is 12.7. The van der Waals surface area contributed by atoms with Gasteiger partial charge in [0, 0.05) is 23.3 Å². The molecule has 6 heteroatoms. The molecule has 0 amide bonds. The maximum atomic E-state index is 10.4. The molecule has 0 aromatic carbocycles. The van der Waals surface area contributed by atoms with Crippen molar-refractivity contribution in [3.05, 3.63) is 29.1 Å². The zero-order valence-corrected chi connectivity index (χ0v) is 21.5. The van der Waals surface area contributed by atoms with E-state index in [1.165, 1.54) is 24.8 Å². The first kappa shape index (κ1) is 27.1. The predicted octanol–water partition coefficient (Wildman–Crippen LogP) is 5.89. The van der Waals surface area contributed by atoms with E-state index in [0.29, 0.717) is 11.7 Å². The molecule has 5 nitrogen and oxygen atoms in total. The third kappa shape index (κ3) is 8.31. The van der Waals surface area contributed by atoms with Gasteiger partial charge in [0.1, 0.15) is 12.7 Å². The Balaban J connectivity index is 2.10. The third-order valence-corrected chi connectivity index (χ3v) is 7.12. The first-order chi connectivity index (χ1) is 15.4. The highest BCUT2D eigenvalue weighted by Gasteiger charge is 2.35. The maximum Gasteiger partial charge on any atom is 0.151 e. The molecule has 2 atom stereocenters. The van der Waals surface area contributed by atoms with E-state index >= 15 is 0 Å². The lowest BCUT2D eigenvalue weighted by Crippen LogP contribution is -2.38. The van der Waals surface area contributed by atoms with Gasteiger partial charge < -0.3 is 14.8 Å². The van der Waals surface area contributed by atoms with Gasteiger partial charge in [-0.3, -0.25) is 4.98 Å². The molecule has 0 aliphatic carbocycles. The van der Waals surface area contributed by atoms with Crippen LogP contribution in [0.3, 0.4) is 0 Å². The number of hydrogen-bond donors (Lipinski definition) is 1. The van der Waals surface area contributed by atoms with E-state index in [9.17, 15) is 5.11 Å². The molecular formula is C26H44ClN3O2. The van der Waals surface area contributed by atoms with Gasteiger partial charge in [-0.2, -0.15) is 0 Å². The molecule has 0 saturated carbocycles. The monoisotopic (exact) mass is 465 g/mol. The molecule has 1 aromatic rings. The van der Waals surface area contributed by atoms with Crippen LogP contribution in [0.15, 0.2) is 17.3 Å². The second-order valence-electron chi connectivity index (χ2n) is 9.40. The van der Waals surface area contributed by atoms with E-state index in [4.69, 9.17) is 21.4 Å². The molecule has 182 valence electrons. The summed E-state index contributed by atoms with van der Waals surface area (Å²) in [5.74, 6) is 0. The number of aliphatic hydroxyl groups excluding tert-OH is 1. The number of halogens is 1. The Hall–Kier alpha value is -1.17. The minimum Gasteiger partial charge on any atom is -0.392 e. The Morgan fingerprint density at radius 2 is 1.94 bits per heavy atom. The number of piperidine rings is 1. The van der Waals surface area contributed by atoms with Crippen molar-refractivity contribution in [1.82, 2.24) is 9.88 Å². The number of rotatable bonds is 14. The van der Waals surface area contributed by atoms with Crippen LogP contribution >= 0.6 is 11.6 Å². The van der Waals surface area contributed by atoms with Crippen molar-refractivity contribution in [2.75, 3.05) is 26.2 Å². The van der Waals surface area contributed by atoms with E-state index in [-0.39, 0.29) is 12.0 Å². The quantitative estimate of drug-likeness (QED) is 0.275. The van der Waals surface area contributed by atoms with E-state index in [1.807, 2.05) is 0 Å². The van der Waals surface area contributed by atoms with Crippen LogP contribution in [-0.4, -0.2) is 52.5 Å². The molecule has 2 rings (SSSR count). The summed E-state index contributed by atoms with van der Waals surface area (Å²) in [5, 5.41) is 15.3. The van der Waals surface area contributed by atoms with E-state index in [1.54, 1.807) is 0 Å². The Kier molecular flexibility index (Phi) is 12.0. The second-order valence-corrected chi connectivity index (χ2v) is 9.76. The highest BCUT2D eigenvalue weighted by Crippen LogP contribution is 2.38. The van der Waals surface area contributed by atoms with Gasteiger partial charge in [-0.15, -0.1) is 0 Å². The summed E-state index contributed by atoms with van der Waals surface area (Å²) in [6.07, 6.45) is 10.0. The molecular weight excluding hydrogens is 422 g/mol. The highest BCUT2D eigenvalue weighted by atomic mass is 35.5. The van der Waals surface area contributed by atoms with Crippen molar-refractivity contribution in [3.8, 4) is 0 Å². The number of aryl methyl sites for hydroxylation is 2. The summed E-state index contributed by atoms with van der Waals surface area (Å²) in [6.45, 7) is 11.5. The van der Waals surface area contributed by atoms with Gasteiger partial charge in [0.15, 0.2) is 5.17 Å². The molecule has 1 saturated heterocycles. The average Bonchev–Trinajstić information content (AvgIpc) is 2.79. The fourth-order valence-corrected chi connectivity index (χ4v) is 5.04. The Morgan fingerprint density at radius 3 is 2.56 bits per heavy atom. The molecule has 1 aliphatic rings. The van der Waals surface area contributed by atoms with Gasteiger partial charge in [0.25, 0.3) is 0 Å². The normalized spacial score (nSPS) is 18.4. The third-order valence-electron chi connectivity index (χ3n) is 6.65. The van der Waals surface area contributed by atoms with Gasteiger partial charge >= 0.3 is 0 Å². The number of likely N-dealkylation sites (tertiary alicyclic amines) is 1. The number of hydrogen-bond acceptors (Lipinski definition) is 5. The molecule has 0 radical (unpaired) electrons. The Labute approximate surface area is 200 Å². The van der Waals surface area contributed by atoms with E-state index in [2.05, 4.69) is 49.9 Å². The summed E-state index contributed by atoms with van der Waals surface area (Å²) >= 11 is 6.87. The minimum absolute atomic E-state index is 0.175. The fourth-order valence-electron chi connectivity index (χ4n) is 4.73. The Bertz CT molecular complexity index is 706. The molecule has 1 fully saturated rings. The highest BCUT2D eigenvalue weighted by molar-refractivity contribution is 6.66. The predicted molar refractivity (Wildman–Crippen MR) is 134 cm³/mol. The molecule has 1 aromatic heterocycles. The average molecular weight is 466 g/mol. The molecule has 2 unspecified atom stereocenters. The summed E-state index contributed by atoms with van der Waals surface area (Å²) in [4.78, 5) is 12.7. The standard InChI is InChI=1S/C26H44ClN3O2/c1-5-8-15-26(14-6-2,18-22-12-13-23(7-3)28-21(22)4)25(27)29-32-20-24(31)19-30-16-10-9-11-17-30/h12-13,24,31H,5-11,14-20H2,1-4H3/b29-25-. The minimum atomic E-state index is -0.550. The fraction of sp³-hybridized carbons (Fsp3) is 0.769. The largest absolute Gasteiger partial charge is 0.392 e. The smallest absolute Gasteiger partial charge is 0.151 e. The van der Waals surface area contributed by atoms with Crippen molar-refractivity contribution >= 4 is 16.8 Å². The van der Waals surface area contributed by atoms with Crippen molar-refractivity contribution in [2.24, 2.45) is 10.6 Å². The Morgan fingerprint density at radius 1 is 1.19 bits per heavy atom. The number of aliphatic hydroxyl groups is 1. The van der Waals surface area contributed by atoms with Gasteiger partial charge in [-0.25, -0.2) is 0 Å². The summed E-state index contributed by atoms with van der Waals surface area (Å²) in [7, 11) is 0. The number of pyridine rings is 1. The van der Waals surface area contributed by atoms with Crippen LogP contribution in [0.1, 0.15) is 89.1 Å². The lowest BCUT2D eigenvalue weighted by molar-refractivity contribution is 0.0150. The molecule has 1 N–H and O–H groups in total. The number of oxime groups is 1. The van der Waals surface area contributed by atoms with Gasteiger partial charge in [0.05, 0.1) is 0 Å². The lowest BCUT2D eigenvalue weighted by atomic mass is 9.74. The van der Waals surface area contributed by atoms with Crippen molar-refractivity contribution in [2.45, 2.75) is 98.0 Å². The summed E-state index contributed by atoms with van der Waals surface area (Å²) in [5.41, 5.74) is 3.16. The SMILES string of the molecule is CCCCC(CCC)(Cc1ccc(CC)nc1C)/C(Cl)=N/OCC(O)CN1CCCCC1. The number of aromatic nitrogens is 1. The van der Waals surface area contributed by atoms with E-state index in [0.717, 1.165) is 69.4 Å². The van der Waals surface area contributed by atoms with E-state index < -0.39 is 6.10 Å². The zero-order chi connectivity index (χ0) is 23.4. The number of unbranched alkanes of at least 4 members (excludes halogenated alkanes) is 1. The molecule has 1 aliphatic heterocycles. The van der Waals surface area contributed by atoms with Crippen LogP contribution in [-0.2, 0) is 17.7 Å². The first-order valence-corrected chi connectivity index (χ1v) is 13.0. The molecule has 32 heavy (non-hydrogen) atoms. The maximum absolute atomic E-state index is 10.4. The summed E-state index contributed by atoms with van der Waals surface area (Å²) in [6, 6.07) is 4.32. The van der Waals surface area contributed by atoms with Gasteiger partial charge in [-0.05, 0) is 70.2 Å². The van der Waals surface area contributed by atoms with Crippen LogP contribution in [0.25, 0.3) is 0 Å². The molecule has 0 spiro atoms. The zero-order valence-electron chi connectivity index (χ0n) is 20.7. The van der Waals surface area contributed by atoms with Crippen LogP contribution in [0.5, 0.6) is 0 Å². The summed E-state index contributed by atoms with van der Waals surface area (Å²) < 4.78 is 0. The van der Waals surface area contributed by atoms with Crippen LogP contribution in [0.4, 0.5) is 0 Å². The van der Waals surface area contributed by atoms with Gasteiger partial charge in [0.2, 0.25) is 0 Å².